The number of aliphatic hydroxyl groups excluding tert-OH is 1. The van der Waals surface area contributed by atoms with E-state index in [0.717, 1.165) is 0 Å². The minimum Gasteiger partial charge on any atom is -0.480 e. The summed E-state index contributed by atoms with van der Waals surface area (Å²) >= 11 is 0. The van der Waals surface area contributed by atoms with Crippen LogP contribution in [0.15, 0.2) is 18.3 Å². The largest absolute Gasteiger partial charge is 0.480 e. The molecule has 1 N–H and O–H groups in total. The topological polar surface area (TPSA) is 59.4 Å². The molecule has 0 saturated heterocycles. The van der Waals surface area contributed by atoms with Gasteiger partial charge in [0.1, 0.15) is 0 Å². The summed E-state index contributed by atoms with van der Waals surface area (Å²) in [5.74, 6) is 0.147. The van der Waals surface area contributed by atoms with Crippen molar-refractivity contribution in [1.82, 2.24) is 4.98 Å². The molecule has 0 atom stereocenters. The molecule has 1 heterocycles. The van der Waals surface area contributed by atoms with E-state index >= 15 is 0 Å². The van der Waals surface area contributed by atoms with Gasteiger partial charge < -0.3 is 9.84 Å². The number of ketones is 1. The predicted molar refractivity (Wildman–Crippen MR) is 46.8 cm³/mol. The van der Waals surface area contributed by atoms with Gasteiger partial charge >= 0.3 is 0 Å². The third-order valence-corrected chi connectivity index (χ3v) is 1.60. The summed E-state index contributed by atoms with van der Waals surface area (Å²) in [6.07, 6.45) is 1.65. The number of carbonyl (C=O) groups is 1. The Balaban J connectivity index is 2.92. The molecule has 1 aromatic heterocycles. The van der Waals surface area contributed by atoms with Crippen molar-refractivity contribution in [1.29, 1.82) is 0 Å². The van der Waals surface area contributed by atoms with Gasteiger partial charge in [-0.15, -0.1) is 0 Å². The average molecular weight is 181 g/mol. The van der Waals surface area contributed by atoms with Crippen LogP contribution in [0, 0.1) is 0 Å². The minimum atomic E-state index is -0.160. The van der Waals surface area contributed by atoms with Gasteiger partial charge in [0.15, 0.2) is 5.78 Å². The van der Waals surface area contributed by atoms with Crippen LogP contribution in [0.25, 0.3) is 0 Å². The zero-order valence-corrected chi connectivity index (χ0v) is 7.36. The normalized spacial score (nSPS) is 9.69. The van der Waals surface area contributed by atoms with Gasteiger partial charge in [0, 0.05) is 12.6 Å². The molecule has 0 amide bonds. The van der Waals surface area contributed by atoms with Gasteiger partial charge in [-0.05, 0) is 12.1 Å². The molecule has 0 radical (unpaired) electrons. The van der Waals surface area contributed by atoms with Crippen LogP contribution in [0.4, 0.5) is 0 Å². The Labute approximate surface area is 76.2 Å². The van der Waals surface area contributed by atoms with E-state index in [-0.39, 0.29) is 18.8 Å². The summed E-state index contributed by atoms with van der Waals surface area (Å²) in [7, 11) is 1.46. The molecule has 70 valence electrons. The molecule has 0 saturated carbocycles. The fourth-order valence-electron chi connectivity index (χ4n) is 1.00. The standard InChI is InChI=1S/C9H11NO3/c1-13-9-7(3-2-5-10-9)8(12)4-6-11/h2-3,5,11H,4,6H2,1H3. The lowest BCUT2D eigenvalue weighted by atomic mass is 10.1. The lowest BCUT2D eigenvalue weighted by molar-refractivity contribution is 0.0953. The highest BCUT2D eigenvalue weighted by molar-refractivity contribution is 5.98. The van der Waals surface area contributed by atoms with Crippen molar-refractivity contribution in [3.8, 4) is 5.88 Å². The first-order valence-corrected chi connectivity index (χ1v) is 3.92. The van der Waals surface area contributed by atoms with Crippen molar-refractivity contribution in [2.75, 3.05) is 13.7 Å². The molecule has 0 aliphatic heterocycles. The number of carbonyl (C=O) groups excluding carboxylic acids is 1. The molecule has 0 bridgehead atoms. The highest BCUT2D eigenvalue weighted by Crippen LogP contribution is 2.15. The number of aromatic nitrogens is 1. The molecule has 4 heteroatoms. The Morgan fingerprint density at radius 2 is 2.46 bits per heavy atom. The van der Waals surface area contributed by atoms with E-state index in [1.54, 1.807) is 18.3 Å². The number of hydrogen-bond acceptors (Lipinski definition) is 4. The second kappa shape index (κ2) is 4.57. The van der Waals surface area contributed by atoms with E-state index < -0.39 is 0 Å². The lowest BCUT2D eigenvalue weighted by Crippen LogP contribution is -2.05. The number of ether oxygens (including phenoxy) is 1. The summed E-state index contributed by atoms with van der Waals surface area (Å²) in [5.41, 5.74) is 0.416. The van der Waals surface area contributed by atoms with Crippen LogP contribution in [-0.2, 0) is 0 Å². The number of nitrogens with zero attached hydrogens (tertiary/aromatic N) is 1. The average Bonchev–Trinajstić information content (AvgIpc) is 2.18. The van der Waals surface area contributed by atoms with Crippen LogP contribution < -0.4 is 4.74 Å². The molecular weight excluding hydrogens is 170 g/mol. The minimum absolute atomic E-state index is 0.0993. The van der Waals surface area contributed by atoms with Crippen molar-refractivity contribution < 1.29 is 14.6 Å². The molecule has 0 unspecified atom stereocenters. The Kier molecular flexibility index (Phi) is 3.40. The Hall–Kier alpha value is -1.42. The van der Waals surface area contributed by atoms with Gasteiger partial charge in [0.05, 0.1) is 19.3 Å². The van der Waals surface area contributed by atoms with Gasteiger partial charge in [-0.3, -0.25) is 4.79 Å². The van der Waals surface area contributed by atoms with Gasteiger partial charge in [-0.1, -0.05) is 0 Å². The van der Waals surface area contributed by atoms with E-state index in [9.17, 15) is 4.79 Å². The van der Waals surface area contributed by atoms with E-state index in [4.69, 9.17) is 9.84 Å². The molecule has 13 heavy (non-hydrogen) atoms. The molecular formula is C9H11NO3. The maximum Gasteiger partial charge on any atom is 0.224 e. The SMILES string of the molecule is COc1ncccc1C(=O)CCO. The first-order valence-electron chi connectivity index (χ1n) is 3.92. The Morgan fingerprint density at radius 3 is 3.08 bits per heavy atom. The van der Waals surface area contributed by atoms with Crippen LogP contribution in [0.1, 0.15) is 16.8 Å². The van der Waals surface area contributed by atoms with Crippen LogP contribution in [0.3, 0.4) is 0 Å². The van der Waals surface area contributed by atoms with Crippen molar-refractivity contribution in [3.63, 3.8) is 0 Å². The Bertz CT molecular complexity index is 299. The third kappa shape index (κ3) is 2.26. The van der Waals surface area contributed by atoms with E-state index in [1.807, 2.05) is 0 Å². The zero-order valence-electron chi connectivity index (χ0n) is 7.36. The predicted octanol–water partition coefficient (Wildman–Crippen LogP) is 0.655. The van der Waals surface area contributed by atoms with Crippen LogP contribution >= 0.6 is 0 Å². The quantitative estimate of drug-likeness (QED) is 0.693. The molecule has 1 rings (SSSR count). The van der Waals surface area contributed by atoms with E-state index in [0.29, 0.717) is 11.4 Å². The van der Waals surface area contributed by atoms with Crippen molar-refractivity contribution >= 4 is 5.78 Å². The number of hydrogen-bond donors (Lipinski definition) is 1. The fraction of sp³-hybridized carbons (Fsp3) is 0.333. The van der Waals surface area contributed by atoms with Gasteiger partial charge in [-0.2, -0.15) is 0 Å². The van der Waals surface area contributed by atoms with Gasteiger partial charge in [-0.25, -0.2) is 4.98 Å². The molecule has 0 aliphatic carbocycles. The first kappa shape index (κ1) is 9.67. The van der Waals surface area contributed by atoms with E-state index in [1.165, 1.54) is 7.11 Å². The highest BCUT2D eigenvalue weighted by atomic mass is 16.5. The van der Waals surface area contributed by atoms with E-state index in [2.05, 4.69) is 4.98 Å². The molecule has 0 fully saturated rings. The fourth-order valence-corrected chi connectivity index (χ4v) is 1.00. The van der Waals surface area contributed by atoms with Crippen LogP contribution in [0.5, 0.6) is 5.88 Å². The maximum absolute atomic E-state index is 11.3. The summed E-state index contributed by atoms with van der Waals surface area (Å²) in [4.78, 5) is 15.2. The maximum atomic E-state index is 11.3. The number of aliphatic hydroxyl groups is 1. The molecule has 4 nitrogen and oxygen atoms in total. The summed E-state index contributed by atoms with van der Waals surface area (Å²) < 4.78 is 4.90. The summed E-state index contributed by atoms with van der Waals surface area (Å²) in [6, 6.07) is 3.29. The lowest BCUT2D eigenvalue weighted by Gasteiger charge is -2.04. The molecule has 0 spiro atoms. The summed E-state index contributed by atoms with van der Waals surface area (Å²) in [6.45, 7) is -0.156. The van der Waals surface area contributed by atoms with Gasteiger partial charge in [0.2, 0.25) is 5.88 Å². The monoisotopic (exact) mass is 181 g/mol. The molecule has 1 aromatic rings. The second-order valence-corrected chi connectivity index (χ2v) is 2.46. The molecule has 0 aromatic carbocycles. The van der Waals surface area contributed by atoms with Crippen molar-refractivity contribution in [3.05, 3.63) is 23.9 Å². The van der Waals surface area contributed by atoms with Crippen LogP contribution in [-0.4, -0.2) is 29.6 Å². The smallest absolute Gasteiger partial charge is 0.224 e. The number of methoxy groups -OCH3 is 1. The Morgan fingerprint density at radius 1 is 1.69 bits per heavy atom. The summed E-state index contributed by atoms with van der Waals surface area (Å²) in [5, 5.41) is 8.58. The van der Waals surface area contributed by atoms with Gasteiger partial charge in [0.25, 0.3) is 0 Å². The number of pyridine rings is 1. The second-order valence-electron chi connectivity index (χ2n) is 2.46. The highest BCUT2D eigenvalue weighted by Gasteiger charge is 2.11. The zero-order chi connectivity index (χ0) is 9.68. The number of rotatable bonds is 4. The van der Waals surface area contributed by atoms with Crippen molar-refractivity contribution in [2.45, 2.75) is 6.42 Å². The number of Topliss-reactive ketones (excluding diaryl/α,β-unsaturated/α-hetero) is 1. The molecule has 0 aliphatic rings. The van der Waals surface area contributed by atoms with Crippen LogP contribution in [0.2, 0.25) is 0 Å². The van der Waals surface area contributed by atoms with Crippen molar-refractivity contribution in [2.24, 2.45) is 0 Å². The first-order chi connectivity index (χ1) is 6.29. The third-order valence-electron chi connectivity index (χ3n) is 1.60.